The van der Waals surface area contributed by atoms with Gasteiger partial charge in [-0.05, 0) is 37.1 Å². The van der Waals surface area contributed by atoms with Crippen molar-refractivity contribution < 1.29 is 0 Å². The largest absolute Gasteiger partial charge is 0.366 e. The van der Waals surface area contributed by atoms with Crippen molar-refractivity contribution in [3.63, 3.8) is 0 Å². The number of aromatic nitrogens is 4. The van der Waals surface area contributed by atoms with Crippen LogP contribution in [-0.4, -0.2) is 45.0 Å². The lowest BCUT2D eigenvalue weighted by molar-refractivity contribution is 0.479. The average Bonchev–Trinajstić information content (AvgIpc) is 3.42. The smallest absolute Gasteiger partial charge is 0.180 e. The highest BCUT2D eigenvalue weighted by Crippen LogP contribution is 2.25. The van der Waals surface area contributed by atoms with Crippen molar-refractivity contribution >= 4 is 11.5 Å². The highest BCUT2D eigenvalue weighted by atomic mass is 15.1. The average molecular weight is 335 g/mol. The van der Waals surface area contributed by atoms with Crippen molar-refractivity contribution in [3.05, 3.63) is 42.4 Å². The number of nitrogens with zero attached hydrogens (tertiary/aromatic N) is 4. The van der Waals surface area contributed by atoms with Crippen LogP contribution in [0.2, 0.25) is 0 Å². The minimum Gasteiger partial charge on any atom is -0.366 e. The Bertz CT molecular complexity index is 893. The van der Waals surface area contributed by atoms with Gasteiger partial charge in [0.2, 0.25) is 0 Å². The Labute approximate surface area is 145 Å². The molecule has 2 aliphatic heterocycles. The Morgan fingerprint density at radius 1 is 1.16 bits per heavy atom. The molecule has 5 rings (SSSR count). The van der Waals surface area contributed by atoms with Crippen LogP contribution in [0.15, 0.2) is 36.8 Å². The van der Waals surface area contributed by atoms with Gasteiger partial charge in [-0.1, -0.05) is 6.07 Å². The van der Waals surface area contributed by atoms with E-state index >= 15 is 0 Å². The molecule has 0 spiro atoms. The number of imidazole rings is 1. The second-order valence-corrected chi connectivity index (χ2v) is 6.75. The van der Waals surface area contributed by atoms with Crippen molar-refractivity contribution in [3.8, 4) is 11.5 Å². The molecule has 2 atom stereocenters. The molecule has 3 N–H and O–H groups in total. The van der Waals surface area contributed by atoms with E-state index in [1.165, 1.54) is 18.4 Å². The summed E-state index contributed by atoms with van der Waals surface area (Å²) in [6, 6.07) is 7.00. The molecule has 128 valence electrons. The molecule has 0 saturated carbocycles. The Hall–Kier alpha value is -2.51. The van der Waals surface area contributed by atoms with E-state index in [0.717, 1.165) is 36.8 Å². The fraction of sp³-hybridized carbons (Fsp3) is 0.389. The van der Waals surface area contributed by atoms with Gasteiger partial charge in [0.25, 0.3) is 0 Å². The maximum absolute atomic E-state index is 4.72. The van der Waals surface area contributed by atoms with E-state index in [4.69, 9.17) is 4.98 Å². The standard InChI is InChI=1S/C18H21N7/c1-2-13(8-19-6-1)23-16-5-7-20-18(24-16)15-10-22-17-4-3-12(11-25(15)17)14-9-21-14/h3-5,7,10-11,13-14,19,21H,1-2,6,8-9H2,(H,20,23,24)/t13-,14?/m1/s1. The minimum atomic E-state index is 0.422. The number of hydrogen-bond acceptors (Lipinski definition) is 6. The van der Waals surface area contributed by atoms with Crippen LogP contribution in [-0.2, 0) is 0 Å². The number of hydrogen-bond donors (Lipinski definition) is 3. The predicted octanol–water partition coefficient (Wildman–Crippen LogP) is 1.60. The molecule has 25 heavy (non-hydrogen) atoms. The van der Waals surface area contributed by atoms with Gasteiger partial charge in [-0.25, -0.2) is 15.0 Å². The van der Waals surface area contributed by atoms with Gasteiger partial charge in [-0.15, -0.1) is 0 Å². The number of pyridine rings is 1. The van der Waals surface area contributed by atoms with E-state index in [1.54, 1.807) is 0 Å². The van der Waals surface area contributed by atoms with Crippen molar-refractivity contribution in [1.29, 1.82) is 0 Å². The molecular formula is C18H21N7. The van der Waals surface area contributed by atoms with Crippen LogP contribution in [0.5, 0.6) is 0 Å². The molecule has 7 heteroatoms. The van der Waals surface area contributed by atoms with Gasteiger partial charge in [0.1, 0.15) is 17.2 Å². The summed E-state index contributed by atoms with van der Waals surface area (Å²) in [6.45, 7) is 3.13. The number of fused-ring (bicyclic) bond motifs is 1. The second kappa shape index (κ2) is 6.09. The van der Waals surface area contributed by atoms with Crippen LogP contribution in [0, 0.1) is 0 Å². The highest BCUT2D eigenvalue weighted by molar-refractivity contribution is 5.59. The van der Waals surface area contributed by atoms with E-state index < -0.39 is 0 Å². The summed E-state index contributed by atoms with van der Waals surface area (Å²) in [4.78, 5) is 13.7. The molecule has 3 aromatic heterocycles. The number of anilines is 1. The minimum absolute atomic E-state index is 0.422. The van der Waals surface area contributed by atoms with E-state index in [1.807, 2.05) is 18.5 Å². The van der Waals surface area contributed by atoms with Gasteiger partial charge in [0, 0.05) is 37.6 Å². The molecule has 7 nitrogen and oxygen atoms in total. The molecule has 2 saturated heterocycles. The summed E-state index contributed by atoms with van der Waals surface area (Å²) in [5.74, 6) is 1.57. The Morgan fingerprint density at radius 3 is 2.96 bits per heavy atom. The van der Waals surface area contributed by atoms with E-state index in [9.17, 15) is 0 Å². The second-order valence-electron chi connectivity index (χ2n) is 6.75. The third-order valence-electron chi connectivity index (χ3n) is 4.87. The zero-order valence-electron chi connectivity index (χ0n) is 13.9. The number of rotatable bonds is 4. The van der Waals surface area contributed by atoms with Gasteiger partial charge in [0.15, 0.2) is 5.82 Å². The fourth-order valence-corrected chi connectivity index (χ4v) is 3.41. The third-order valence-corrected chi connectivity index (χ3v) is 4.87. The van der Waals surface area contributed by atoms with Crippen molar-refractivity contribution in [2.24, 2.45) is 0 Å². The van der Waals surface area contributed by atoms with Crippen LogP contribution >= 0.6 is 0 Å². The first-order valence-electron chi connectivity index (χ1n) is 8.88. The van der Waals surface area contributed by atoms with Crippen LogP contribution < -0.4 is 16.0 Å². The summed E-state index contributed by atoms with van der Waals surface area (Å²) in [6.07, 6.45) is 8.16. The molecule has 5 heterocycles. The Balaban J connectivity index is 1.47. The van der Waals surface area contributed by atoms with Gasteiger partial charge in [-0.3, -0.25) is 4.40 Å². The summed E-state index contributed by atoms with van der Waals surface area (Å²) in [7, 11) is 0. The molecule has 0 radical (unpaired) electrons. The summed E-state index contributed by atoms with van der Waals surface area (Å²) >= 11 is 0. The zero-order chi connectivity index (χ0) is 16.6. The number of nitrogens with one attached hydrogen (secondary N) is 3. The van der Waals surface area contributed by atoms with Crippen LogP contribution in [0.25, 0.3) is 17.2 Å². The van der Waals surface area contributed by atoms with Gasteiger partial charge < -0.3 is 16.0 Å². The SMILES string of the molecule is c1cc(N[C@@H]2CCCNC2)nc(-c2cnc3ccc(C4CN4)cn23)n1. The molecule has 0 amide bonds. The topological polar surface area (TPSA) is 89.1 Å². The van der Waals surface area contributed by atoms with Crippen LogP contribution in [0.1, 0.15) is 24.4 Å². The first-order valence-corrected chi connectivity index (χ1v) is 8.88. The van der Waals surface area contributed by atoms with Crippen molar-refractivity contribution in [1.82, 2.24) is 30.0 Å². The lowest BCUT2D eigenvalue weighted by Gasteiger charge is -2.24. The highest BCUT2D eigenvalue weighted by Gasteiger charge is 2.23. The summed E-state index contributed by atoms with van der Waals surface area (Å²) in [5.41, 5.74) is 3.11. The summed E-state index contributed by atoms with van der Waals surface area (Å²) < 4.78 is 2.08. The zero-order valence-corrected chi connectivity index (χ0v) is 13.9. The van der Waals surface area contributed by atoms with Gasteiger partial charge in [-0.2, -0.15) is 0 Å². The van der Waals surface area contributed by atoms with E-state index in [-0.39, 0.29) is 0 Å². The molecular weight excluding hydrogens is 314 g/mol. The lowest BCUT2D eigenvalue weighted by Crippen LogP contribution is -2.38. The molecule has 0 bridgehead atoms. The first kappa shape index (κ1) is 14.8. The van der Waals surface area contributed by atoms with Crippen LogP contribution in [0.3, 0.4) is 0 Å². The molecule has 3 aromatic rings. The monoisotopic (exact) mass is 335 g/mol. The normalized spacial score (nSPS) is 22.9. The van der Waals surface area contributed by atoms with E-state index in [0.29, 0.717) is 17.9 Å². The van der Waals surface area contributed by atoms with Crippen LogP contribution in [0.4, 0.5) is 5.82 Å². The maximum Gasteiger partial charge on any atom is 0.180 e. The van der Waals surface area contributed by atoms with Crippen molar-refractivity contribution in [2.45, 2.75) is 24.9 Å². The van der Waals surface area contributed by atoms with Crippen molar-refractivity contribution in [2.75, 3.05) is 25.0 Å². The summed E-state index contributed by atoms with van der Waals surface area (Å²) in [5, 5.41) is 10.3. The molecule has 0 aliphatic carbocycles. The molecule has 2 fully saturated rings. The first-order chi connectivity index (χ1) is 12.4. The Morgan fingerprint density at radius 2 is 2.12 bits per heavy atom. The number of piperidine rings is 1. The molecule has 0 aromatic carbocycles. The molecule has 2 aliphatic rings. The fourth-order valence-electron chi connectivity index (χ4n) is 3.41. The quantitative estimate of drug-likeness (QED) is 0.628. The third kappa shape index (κ3) is 2.96. The molecule has 1 unspecified atom stereocenters. The maximum atomic E-state index is 4.72. The van der Waals surface area contributed by atoms with E-state index in [2.05, 4.69) is 48.6 Å². The predicted molar refractivity (Wildman–Crippen MR) is 96.5 cm³/mol. The Kier molecular flexibility index (Phi) is 3.61. The lowest BCUT2D eigenvalue weighted by atomic mass is 10.1. The van der Waals surface area contributed by atoms with Gasteiger partial charge >= 0.3 is 0 Å². The van der Waals surface area contributed by atoms with Gasteiger partial charge in [0.05, 0.1) is 6.20 Å².